The van der Waals surface area contributed by atoms with Gasteiger partial charge in [-0.2, -0.15) is 0 Å². The molecule has 1 aliphatic heterocycles. The van der Waals surface area contributed by atoms with E-state index in [1.54, 1.807) is 0 Å². The van der Waals surface area contributed by atoms with Crippen LogP contribution in [-0.4, -0.2) is 29.0 Å². The highest BCUT2D eigenvalue weighted by Crippen LogP contribution is 2.22. The minimum atomic E-state index is 0.0345. The molecule has 1 fully saturated rings. The summed E-state index contributed by atoms with van der Waals surface area (Å²) in [6.07, 6.45) is 2.48. The van der Waals surface area contributed by atoms with E-state index < -0.39 is 0 Å². The topological polar surface area (TPSA) is 40.5 Å². The van der Waals surface area contributed by atoms with Gasteiger partial charge >= 0.3 is 0 Å². The summed E-state index contributed by atoms with van der Waals surface area (Å²) in [5, 5.41) is 9.82. The lowest BCUT2D eigenvalue weighted by molar-refractivity contribution is -0.129. The van der Waals surface area contributed by atoms with Gasteiger partial charge in [0, 0.05) is 18.1 Å². The Hall–Kier alpha value is -1.84. The number of aliphatic hydroxyl groups excluding tert-OH is 1. The highest BCUT2D eigenvalue weighted by atomic mass is 35.5. The molecule has 0 saturated carbocycles. The van der Waals surface area contributed by atoms with E-state index in [0.29, 0.717) is 12.3 Å². The maximum atomic E-state index is 12.5. The van der Waals surface area contributed by atoms with Crippen molar-refractivity contribution in [2.45, 2.75) is 25.9 Å². The first-order valence-electron chi connectivity index (χ1n) is 8.35. The molecule has 1 atom stereocenters. The van der Waals surface area contributed by atoms with Gasteiger partial charge in [0.2, 0.25) is 5.91 Å². The van der Waals surface area contributed by atoms with Gasteiger partial charge in [0.15, 0.2) is 0 Å². The number of benzene rings is 2. The van der Waals surface area contributed by atoms with E-state index in [4.69, 9.17) is 16.7 Å². The molecule has 4 heteroatoms. The van der Waals surface area contributed by atoms with Gasteiger partial charge < -0.3 is 10.0 Å². The molecule has 0 aromatic heterocycles. The smallest absolute Gasteiger partial charge is 0.226 e. The van der Waals surface area contributed by atoms with E-state index in [-0.39, 0.29) is 12.5 Å². The summed E-state index contributed by atoms with van der Waals surface area (Å²) >= 11 is 5.92. The summed E-state index contributed by atoms with van der Waals surface area (Å²) in [5.74, 6) is 0.706. The molecule has 1 aliphatic rings. The minimum absolute atomic E-state index is 0.0345. The van der Waals surface area contributed by atoms with Crippen molar-refractivity contribution in [3.8, 4) is 0 Å². The molecule has 1 heterocycles. The summed E-state index contributed by atoms with van der Waals surface area (Å²) in [4.78, 5) is 14.4. The van der Waals surface area contributed by atoms with Crippen LogP contribution in [0.2, 0.25) is 5.02 Å². The molecule has 1 unspecified atom stereocenters. The van der Waals surface area contributed by atoms with Crippen molar-refractivity contribution >= 4 is 17.5 Å². The Morgan fingerprint density at radius 3 is 2.33 bits per heavy atom. The molecule has 2 aromatic rings. The Kier molecular flexibility index (Phi) is 5.54. The van der Waals surface area contributed by atoms with Gasteiger partial charge in [0.1, 0.15) is 0 Å². The van der Waals surface area contributed by atoms with Crippen molar-refractivity contribution in [3.05, 3.63) is 70.2 Å². The maximum Gasteiger partial charge on any atom is 0.226 e. The third kappa shape index (κ3) is 4.37. The average Bonchev–Trinajstić information content (AvgIpc) is 3.06. The number of hydrogen-bond acceptors (Lipinski definition) is 2. The van der Waals surface area contributed by atoms with E-state index in [9.17, 15) is 4.79 Å². The lowest BCUT2D eigenvalue weighted by atomic mass is 9.99. The Morgan fingerprint density at radius 2 is 1.67 bits per heavy atom. The summed E-state index contributed by atoms with van der Waals surface area (Å²) in [5.41, 5.74) is 3.15. The number of hydrogen-bond donors (Lipinski definition) is 1. The maximum absolute atomic E-state index is 12.5. The van der Waals surface area contributed by atoms with Gasteiger partial charge in [0.25, 0.3) is 0 Å². The zero-order chi connectivity index (χ0) is 16.9. The minimum Gasteiger partial charge on any atom is -0.392 e. The van der Waals surface area contributed by atoms with E-state index >= 15 is 0 Å². The van der Waals surface area contributed by atoms with Crippen LogP contribution in [-0.2, 0) is 24.2 Å². The van der Waals surface area contributed by atoms with Crippen LogP contribution < -0.4 is 0 Å². The molecule has 0 radical (unpaired) electrons. The van der Waals surface area contributed by atoms with Crippen molar-refractivity contribution in [1.82, 2.24) is 4.90 Å². The third-order valence-electron chi connectivity index (χ3n) is 4.64. The molecule has 1 saturated heterocycles. The molecule has 0 aliphatic carbocycles. The molecular weight excluding hydrogens is 322 g/mol. The van der Waals surface area contributed by atoms with Gasteiger partial charge in [-0.05, 0) is 47.6 Å². The molecule has 0 bridgehead atoms. The van der Waals surface area contributed by atoms with Gasteiger partial charge in [-0.25, -0.2) is 0 Å². The second-order valence-corrected chi connectivity index (χ2v) is 6.91. The summed E-state index contributed by atoms with van der Waals surface area (Å²) in [6.45, 7) is 1.70. The van der Waals surface area contributed by atoms with Crippen LogP contribution in [0.5, 0.6) is 0 Å². The van der Waals surface area contributed by atoms with Gasteiger partial charge in [-0.3, -0.25) is 4.79 Å². The zero-order valence-electron chi connectivity index (χ0n) is 13.6. The fraction of sp³-hybridized carbons (Fsp3) is 0.350. The molecule has 0 spiro atoms. The molecular formula is C20H22ClNO2. The largest absolute Gasteiger partial charge is 0.392 e. The average molecular weight is 344 g/mol. The predicted octanol–water partition coefficient (Wildman–Crippen LogP) is 3.47. The third-order valence-corrected chi connectivity index (χ3v) is 4.89. The first kappa shape index (κ1) is 17.0. The van der Waals surface area contributed by atoms with E-state index in [1.165, 1.54) is 5.56 Å². The predicted molar refractivity (Wildman–Crippen MR) is 95.9 cm³/mol. The number of carbonyl (C=O) groups excluding carboxylic acids is 1. The lowest BCUT2D eigenvalue weighted by Gasteiger charge is -2.17. The number of nitrogens with zero attached hydrogens (tertiary/aromatic N) is 1. The van der Waals surface area contributed by atoms with Crippen LogP contribution in [0.25, 0.3) is 0 Å². The van der Waals surface area contributed by atoms with Crippen molar-refractivity contribution < 1.29 is 9.90 Å². The van der Waals surface area contributed by atoms with Crippen molar-refractivity contribution in [2.75, 3.05) is 13.1 Å². The Labute approximate surface area is 147 Å². The van der Waals surface area contributed by atoms with Crippen molar-refractivity contribution in [1.29, 1.82) is 0 Å². The van der Waals surface area contributed by atoms with Gasteiger partial charge in [-0.1, -0.05) is 48.0 Å². The number of halogens is 1. The first-order valence-corrected chi connectivity index (χ1v) is 8.73. The molecule has 1 N–H and O–H groups in total. The monoisotopic (exact) mass is 343 g/mol. The fourth-order valence-corrected chi connectivity index (χ4v) is 3.35. The van der Waals surface area contributed by atoms with Crippen LogP contribution >= 0.6 is 11.6 Å². The van der Waals surface area contributed by atoms with Crippen LogP contribution in [0.15, 0.2) is 48.5 Å². The van der Waals surface area contributed by atoms with Crippen LogP contribution in [0.4, 0.5) is 0 Å². The van der Waals surface area contributed by atoms with E-state index in [2.05, 4.69) is 12.1 Å². The first-order chi connectivity index (χ1) is 11.6. The van der Waals surface area contributed by atoms with E-state index in [1.807, 2.05) is 41.3 Å². The lowest BCUT2D eigenvalue weighted by Crippen LogP contribution is -2.30. The highest BCUT2D eigenvalue weighted by Gasteiger charge is 2.26. The quantitative estimate of drug-likeness (QED) is 0.903. The molecule has 3 nitrogen and oxygen atoms in total. The standard InChI is InChI=1S/C20H22ClNO2/c21-19-7-5-15(6-8-19)11-18-9-10-22(13-18)20(24)12-16-1-3-17(14-23)4-2-16/h1-8,18,23H,9-14H2. The molecule has 2 aromatic carbocycles. The molecule has 3 rings (SSSR count). The number of rotatable bonds is 5. The zero-order valence-corrected chi connectivity index (χ0v) is 14.4. The van der Waals surface area contributed by atoms with E-state index in [0.717, 1.165) is 42.1 Å². The Morgan fingerprint density at radius 1 is 1.04 bits per heavy atom. The second-order valence-electron chi connectivity index (χ2n) is 6.48. The number of likely N-dealkylation sites (tertiary alicyclic amines) is 1. The van der Waals surface area contributed by atoms with Crippen LogP contribution in [0, 0.1) is 5.92 Å². The van der Waals surface area contributed by atoms with Crippen molar-refractivity contribution in [3.63, 3.8) is 0 Å². The fourth-order valence-electron chi connectivity index (χ4n) is 3.23. The number of carbonyl (C=O) groups is 1. The Bertz CT molecular complexity index is 682. The summed E-state index contributed by atoms with van der Waals surface area (Å²) < 4.78 is 0. The Balaban J connectivity index is 1.52. The van der Waals surface area contributed by atoms with Crippen molar-refractivity contribution in [2.24, 2.45) is 5.92 Å². The summed E-state index contributed by atoms with van der Waals surface area (Å²) in [7, 11) is 0. The van der Waals surface area contributed by atoms with Crippen LogP contribution in [0.3, 0.4) is 0 Å². The molecule has 1 amide bonds. The highest BCUT2D eigenvalue weighted by molar-refractivity contribution is 6.30. The SMILES string of the molecule is O=C(Cc1ccc(CO)cc1)N1CCC(Cc2ccc(Cl)cc2)C1. The molecule has 126 valence electrons. The number of aliphatic hydroxyl groups is 1. The normalized spacial score (nSPS) is 17.2. The summed E-state index contributed by atoms with van der Waals surface area (Å²) in [6, 6.07) is 15.6. The second kappa shape index (κ2) is 7.82. The molecule has 24 heavy (non-hydrogen) atoms. The van der Waals surface area contributed by atoms with Gasteiger partial charge in [-0.15, -0.1) is 0 Å². The number of amides is 1. The van der Waals surface area contributed by atoms with Crippen LogP contribution in [0.1, 0.15) is 23.1 Å². The van der Waals surface area contributed by atoms with Gasteiger partial charge in [0.05, 0.1) is 13.0 Å².